The Hall–Kier alpha value is -1.13. The SMILES string of the molecule is c1cncc(N2CCN(C3CCOCC3)CC2)c1. The van der Waals surface area contributed by atoms with Gasteiger partial charge in [0, 0.05) is 51.6 Å². The molecule has 0 bridgehead atoms. The van der Waals surface area contributed by atoms with E-state index in [0.29, 0.717) is 0 Å². The molecule has 18 heavy (non-hydrogen) atoms. The second-order valence-corrected chi connectivity index (χ2v) is 5.08. The molecule has 0 aromatic carbocycles. The number of aromatic nitrogens is 1. The molecule has 3 rings (SSSR count). The predicted octanol–water partition coefficient (Wildman–Crippen LogP) is 1.38. The number of hydrogen-bond acceptors (Lipinski definition) is 4. The van der Waals surface area contributed by atoms with Gasteiger partial charge in [-0.1, -0.05) is 0 Å². The molecule has 2 fully saturated rings. The van der Waals surface area contributed by atoms with E-state index < -0.39 is 0 Å². The third-order valence-corrected chi connectivity index (χ3v) is 4.03. The average molecular weight is 247 g/mol. The van der Waals surface area contributed by atoms with Crippen LogP contribution in [0.4, 0.5) is 5.69 Å². The lowest BCUT2D eigenvalue weighted by Gasteiger charge is -2.41. The highest BCUT2D eigenvalue weighted by Crippen LogP contribution is 2.19. The van der Waals surface area contributed by atoms with E-state index in [2.05, 4.69) is 20.9 Å². The van der Waals surface area contributed by atoms with E-state index in [9.17, 15) is 0 Å². The monoisotopic (exact) mass is 247 g/mol. The van der Waals surface area contributed by atoms with Crippen LogP contribution in [-0.4, -0.2) is 55.3 Å². The Balaban J connectivity index is 1.54. The van der Waals surface area contributed by atoms with Crippen molar-refractivity contribution in [3.63, 3.8) is 0 Å². The number of pyridine rings is 1. The largest absolute Gasteiger partial charge is 0.381 e. The molecule has 2 aliphatic rings. The summed E-state index contributed by atoms with van der Waals surface area (Å²) < 4.78 is 5.44. The molecular formula is C14H21N3O. The molecule has 2 aliphatic heterocycles. The summed E-state index contributed by atoms with van der Waals surface area (Å²) in [6.07, 6.45) is 6.20. The number of hydrogen-bond donors (Lipinski definition) is 0. The second kappa shape index (κ2) is 5.67. The Morgan fingerprint density at radius 3 is 2.56 bits per heavy atom. The highest BCUT2D eigenvalue weighted by molar-refractivity contribution is 5.44. The lowest BCUT2D eigenvalue weighted by Crippen LogP contribution is -2.51. The van der Waals surface area contributed by atoms with E-state index in [1.165, 1.54) is 31.6 Å². The first-order valence-electron chi connectivity index (χ1n) is 6.90. The molecule has 2 saturated heterocycles. The highest BCUT2D eigenvalue weighted by Gasteiger charge is 2.25. The smallest absolute Gasteiger partial charge is 0.0553 e. The van der Waals surface area contributed by atoms with Crippen molar-refractivity contribution in [2.75, 3.05) is 44.3 Å². The van der Waals surface area contributed by atoms with Crippen LogP contribution in [0.2, 0.25) is 0 Å². The second-order valence-electron chi connectivity index (χ2n) is 5.08. The van der Waals surface area contributed by atoms with E-state index in [0.717, 1.165) is 32.3 Å². The van der Waals surface area contributed by atoms with Crippen molar-refractivity contribution >= 4 is 5.69 Å². The maximum absolute atomic E-state index is 5.44. The Labute approximate surface area is 109 Å². The van der Waals surface area contributed by atoms with Crippen molar-refractivity contribution in [2.45, 2.75) is 18.9 Å². The van der Waals surface area contributed by atoms with E-state index in [-0.39, 0.29) is 0 Å². The summed E-state index contributed by atoms with van der Waals surface area (Å²) in [5.74, 6) is 0. The summed E-state index contributed by atoms with van der Waals surface area (Å²) in [5.41, 5.74) is 1.25. The molecule has 0 atom stereocenters. The first-order valence-corrected chi connectivity index (χ1v) is 6.90. The summed E-state index contributed by atoms with van der Waals surface area (Å²) in [4.78, 5) is 9.26. The van der Waals surface area contributed by atoms with Gasteiger partial charge in [-0.25, -0.2) is 0 Å². The van der Waals surface area contributed by atoms with Gasteiger partial charge in [-0.2, -0.15) is 0 Å². The third-order valence-electron chi connectivity index (χ3n) is 4.03. The molecule has 0 amide bonds. The summed E-state index contributed by atoms with van der Waals surface area (Å²) >= 11 is 0. The quantitative estimate of drug-likeness (QED) is 0.789. The van der Waals surface area contributed by atoms with Crippen LogP contribution in [0.1, 0.15) is 12.8 Å². The van der Waals surface area contributed by atoms with Crippen molar-refractivity contribution in [2.24, 2.45) is 0 Å². The summed E-state index contributed by atoms with van der Waals surface area (Å²) in [7, 11) is 0. The molecule has 0 unspecified atom stereocenters. The molecule has 0 N–H and O–H groups in total. The first-order chi connectivity index (χ1) is 8.93. The number of ether oxygens (including phenoxy) is 1. The Morgan fingerprint density at radius 1 is 1.11 bits per heavy atom. The Bertz CT molecular complexity index is 357. The van der Waals surface area contributed by atoms with Crippen LogP contribution in [0.5, 0.6) is 0 Å². The zero-order chi connectivity index (χ0) is 12.2. The topological polar surface area (TPSA) is 28.6 Å². The maximum atomic E-state index is 5.44. The van der Waals surface area contributed by atoms with E-state index in [1.54, 1.807) is 0 Å². The van der Waals surface area contributed by atoms with Gasteiger partial charge in [0.1, 0.15) is 0 Å². The molecule has 4 heteroatoms. The molecule has 98 valence electrons. The summed E-state index contributed by atoms with van der Waals surface area (Å²) in [6, 6.07) is 4.91. The van der Waals surface area contributed by atoms with Crippen LogP contribution in [0.3, 0.4) is 0 Å². The van der Waals surface area contributed by atoms with Crippen LogP contribution in [0.15, 0.2) is 24.5 Å². The lowest BCUT2D eigenvalue weighted by atomic mass is 10.1. The Morgan fingerprint density at radius 2 is 1.89 bits per heavy atom. The van der Waals surface area contributed by atoms with E-state index >= 15 is 0 Å². The van der Waals surface area contributed by atoms with Crippen molar-refractivity contribution < 1.29 is 4.74 Å². The zero-order valence-electron chi connectivity index (χ0n) is 10.8. The van der Waals surface area contributed by atoms with Gasteiger partial charge in [-0.15, -0.1) is 0 Å². The average Bonchev–Trinajstić information content (AvgIpc) is 2.49. The van der Waals surface area contributed by atoms with Gasteiger partial charge in [0.25, 0.3) is 0 Å². The van der Waals surface area contributed by atoms with Gasteiger partial charge < -0.3 is 9.64 Å². The lowest BCUT2D eigenvalue weighted by molar-refractivity contribution is 0.0321. The fourth-order valence-corrected chi connectivity index (χ4v) is 2.94. The number of anilines is 1. The van der Waals surface area contributed by atoms with Crippen molar-refractivity contribution in [3.05, 3.63) is 24.5 Å². The van der Waals surface area contributed by atoms with Gasteiger partial charge in [-0.3, -0.25) is 9.88 Å². The molecule has 1 aromatic rings. The molecule has 1 aromatic heterocycles. The first kappa shape index (κ1) is 11.9. The molecule has 0 saturated carbocycles. The van der Waals surface area contributed by atoms with Crippen LogP contribution in [0, 0.1) is 0 Å². The van der Waals surface area contributed by atoms with Crippen molar-refractivity contribution in [1.29, 1.82) is 0 Å². The molecule has 0 spiro atoms. The third kappa shape index (κ3) is 2.65. The fourth-order valence-electron chi connectivity index (χ4n) is 2.94. The standard InChI is InChI=1S/C14H21N3O/c1-2-14(12-15-5-1)17-8-6-16(7-9-17)13-3-10-18-11-4-13/h1-2,5,12-13H,3-4,6-11H2. The minimum absolute atomic E-state index is 0.745. The molecule has 3 heterocycles. The highest BCUT2D eigenvalue weighted by atomic mass is 16.5. The normalized spacial score (nSPS) is 23.2. The summed E-state index contributed by atoms with van der Waals surface area (Å²) in [6.45, 7) is 6.44. The van der Waals surface area contributed by atoms with Gasteiger partial charge in [0.15, 0.2) is 0 Å². The predicted molar refractivity (Wildman–Crippen MR) is 71.9 cm³/mol. The molecule has 0 aliphatic carbocycles. The van der Waals surface area contributed by atoms with E-state index in [1.807, 2.05) is 18.5 Å². The molecular weight excluding hydrogens is 226 g/mol. The van der Waals surface area contributed by atoms with Crippen molar-refractivity contribution in [3.8, 4) is 0 Å². The number of piperazine rings is 1. The number of rotatable bonds is 2. The molecule has 0 radical (unpaired) electrons. The van der Waals surface area contributed by atoms with Crippen molar-refractivity contribution in [1.82, 2.24) is 9.88 Å². The van der Waals surface area contributed by atoms with Crippen LogP contribution in [-0.2, 0) is 4.74 Å². The van der Waals surface area contributed by atoms with Crippen LogP contribution >= 0.6 is 0 Å². The minimum Gasteiger partial charge on any atom is -0.381 e. The van der Waals surface area contributed by atoms with Gasteiger partial charge in [0.05, 0.1) is 11.9 Å². The van der Waals surface area contributed by atoms with Gasteiger partial charge >= 0.3 is 0 Å². The maximum Gasteiger partial charge on any atom is 0.0553 e. The fraction of sp³-hybridized carbons (Fsp3) is 0.643. The zero-order valence-corrected chi connectivity index (χ0v) is 10.8. The minimum atomic E-state index is 0.745. The number of nitrogens with zero attached hydrogens (tertiary/aromatic N) is 3. The molecule has 4 nitrogen and oxygen atoms in total. The van der Waals surface area contributed by atoms with Gasteiger partial charge in [0.2, 0.25) is 0 Å². The Kier molecular flexibility index (Phi) is 3.76. The van der Waals surface area contributed by atoms with Gasteiger partial charge in [-0.05, 0) is 25.0 Å². The van der Waals surface area contributed by atoms with Crippen LogP contribution < -0.4 is 4.90 Å². The van der Waals surface area contributed by atoms with Crippen LogP contribution in [0.25, 0.3) is 0 Å². The van der Waals surface area contributed by atoms with E-state index in [4.69, 9.17) is 4.74 Å². The summed E-state index contributed by atoms with van der Waals surface area (Å²) in [5, 5.41) is 0.